The average molecular weight is 344 g/mol. The van der Waals surface area contributed by atoms with Crippen LogP contribution in [0.25, 0.3) is 0 Å². The van der Waals surface area contributed by atoms with E-state index >= 15 is 0 Å². The highest BCUT2D eigenvalue weighted by molar-refractivity contribution is 5.90. The predicted molar refractivity (Wildman–Crippen MR) is 95.5 cm³/mol. The first-order valence-corrected chi connectivity index (χ1v) is 8.47. The van der Waals surface area contributed by atoms with Gasteiger partial charge in [0.05, 0.1) is 18.9 Å². The Morgan fingerprint density at radius 1 is 1.24 bits per heavy atom. The molecule has 0 saturated heterocycles. The van der Waals surface area contributed by atoms with E-state index in [1.54, 1.807) is 24.3 Å². The summed E-state index contributed by atoms with van der Waals surface area (Å²) in [6.07, 6.45) is 9.49. The van der Waals surface area contributed by atoms with Crippen LogP contribution >= 0.6 is 0 Å². The molecule has 134 valence electrons. The molecule has 1 aromatic carbocycles. The molecule has 0 radical (unpaired) electrons. The minimum Gasteiger partial charge on any atom is -0.465 e. The van der Waals surface area contributed by atoms with E-state index < -0.39 is 0 Å². The van der Waals surface area contributed by atoms with Crippen molar-refractivity contribution in [3.8, 4) is 0 Å². The fourth-order valence-corrected chi connectivity index (χ4v) is 2.56. The van der Waals surface area contributed by atoms with Gasteiger partial charge >= 0.3 is 5.97 Å². The Hall–Kier alpha value is -2.63. The van der Waals surface area contributed by atoms with Gasteiger partial charge in [-0.1, -0.05) is 28.9 Å². The number of carbonyl (C=O) groups excluding carboxylic acids is 2. The van der Waals surface area contributed by atoms with E-state index in [1.807, 2.05) is 0 Å². The lowest BCUT2D eigenvalue weighted by molar-refractivity contribution is -0.125. The molecule has 0 heterocycles. The van der Waals surface area contributed by atoms with Crippen molar-refractivity contribution in [2.75, 3.05) is 20.3 Å². The Bertz CT molecular complexity index is 635. The molecule has 1 N–H and O–H groups in total. The molecule has 1 aromatic rings. The van der Waals surface area contributed by atoms with Crippen molar-refractivity contribution >= 4 is 18.1 Å². The Labute approximate surface area is 147 Å². The number of nitrogens with zero attached hydrogens (tertiary/aromatic N) is 1. The summed E-state index contributed by atoms with van der Waals surface area (Å²) < 4.78 is 4.63. The summed E-state index contributed by atoms with van der Waals surface area (Å²) in [5.41, 5.74) is 2.66. The SMILES string of the molecule is COC(=O)c1ccc(C=NOCC(=O)NCCC2=CCCCC2)cc1. The Balaban J connectivity index is 1.63. The molecule has 0 saturated carbocycles. The molecule has 1 amide bonds. The summed E-state index contributed by atoms with van der Waals surface area (Å²) >= 11 is 0. The van der Waals surface area contributed by atoms with E-state index in [9.17, 15) is 9.59 Å². The summed E-state index contributed by atoms with van der Waals surface area (Å²) in [5, 5.41) is 6.59. The predicted octanol–water partition coefficient (Wildman–Crippen LogP) is 2.83. The number of hydrogen-bond donors (Lipinski definition) is 1. The lowest BCUT2D eigenvalue weighted by Gasteiger charge is -2.12. The lowest BCUT2D eigenvalue weighted by Crippen LogP contribution is -2.28. The number of carbonyl (C=O) groups is 2. The maximum absolute atomic E-state index is 11.7. The quantitative estimate of drug-likeness (QED) is 0.340. The normalized spacial score (nSPS) is 14.0. The first-order valence-electron chi connectivity index (χ1n) is 8.47. The van der Waals surface area contributed by atoms with Gasteiger partial charge in [0.25, 0.3) is 5.91 Å². The number of oxime groups is 1. The van der Waals surface area contributed by atoms with E-state index in [1.165, 1.54) is 31.7 Å². The van der Waals surface area contributed by atoms with E-state index in [0.29, 0.717) is 12.1 Å². The monoisotopic (exact) mass is 344 g/mol. The number of nitrogens with one attached hydrogen (secondary N) is 1. The molecule has 0 atom stereocenters. The minimum atomic E-state index is -0.389. The van der Waals surface area contributed by atoms with Gasteiger partial charge in [0, 0.05) is 6.54 Å². The van der Waals surface area contributed by atoms with Gasteiger partial charge in [-0.25, -0.2) is 4.79 Å². The van der Waals surface area contributed by atoms with Crippen LogP contribution in [0.2, 0.25) is 0 Å². The smallest absolute Gasteiger partial charge is 0.337 e. The third kappa shape index (κ3) is 6.79. The lowest BCUT2D eigenvalue weighted by atomic mass is 9.97. The maximum Gasteiger partial charge on any atom is 0.337 e. The summed E-state index contributed by atoms with van der Waals surface area (Å²) in [4.78, 5) is 28.0. The van der Waals surface area contributed by atoms with Crippen molar-refractivity contribution in [2.24, 2.45) is 5.16 Å². The summed E-state index contributed by atoms with van der Waals surface area (Å²) in [6, 6.07) is 6.72. The van der Waals surface area contributed by atoms with Gasteiger partial charge in [-0.2, -0.15) is 0 Å². The number of esters is 1. The van der Waals surface area contributed by atoms with Gasteiger partial charge in [0.1, 0.15) is 0 Å². The highest BCUT2D eigenvalue weighted by Crippen LogP contribution is 2.19. The first-order chi connectivity index (χ1) is 12.2. The van der Waals surface area contributed by atoms with Crippen molar-refractivity contribution in [2.45, 2.75) is 32.1 Å². The molecule has 0 fully saturated rings. The molecule has 1 aliphatic carbocycles. The average Bonchev–Trinajstić information content (AvgIpc) is 2.66. The van der Waals surface area contributed by atoms with Gasteiger partial charge in [-0.05, 0) is 49.8 Å². The zero-order valence-electron chi connectivity index (χ0n) is 14.5. The Morgan fingerprint density at radius 3 is 2.72 bits per heavy atom. The van der Waals surface area contributed by atoms with Crippen LogP contribution in [-0.2, 0) is 14.4 Å². The second kappa shape index (κ2) is 10.3. The van der Waals surface area contributed by atoms with Gasteiger partial charge in [-0.15, -0.1) is 0 Å². The van der Waals surface area contributed by atoms with Gasteiger partial charge < -0.3 is 14.9 Å². The van der Waals surface area contributed by atoms with Gasteiger partial charge in [0.15, 0.2) is 6.61 Å². The molecule has 1 aliphatic rings. The van der Waals surface area contributed by atoms with Crippen LogP contribution in [0.1, 0.15) is 48.0 Å². The van der Waals surface area contributed by atoms with E-state index in [0.717, 1.165) is 24.8 Å². The molecule has 6 heteroatoms. The number of ether oxygens (including phenoxy) is 1. The third-order valence-electron chi connectivity index (χ3n) is 3.96. The first kappa shape index (κ1) is 18.7. The largest absolute Gasteiger partial charge is 0.465 e. The van der Waals surface area contributed by atoms with E-state index in [-0.39, 0.29) is 18.5 Å². The maximum atomic E-state index is 11.7. The van der Waals surface area contributed by atoms with Crippen LogP contribution in [0.3, 0.4) is 0 Å². The fourth-order valence-electron chi connectivity index (χ4n) is 2.56. The van der Waals surface area contributed by atoms with Crippen molar-refractivity contribution in [1.82, 2.24) is 5.32 Å². The highest BCUT2D eigenvalue weighted by Gasteiger charge is 2.06. The standard InChI is InChI=1S/C19H24N2O4/c1-24-19(23)17-9-7-16(8-10-17)13-21-25-14-18(22)20-12-11-15-5-3-2-4-6-15/h5,7-10,13H,2-4,6,11-12,14H2,1H3,(H,20,22). The van der Waals surface area contributed by atoms with Crippen LogP contribution in [0.5, 0.6) is 0 Å². The number of hydrogen-bond acceptors (Lipinski definition) is 5. The molecule has 0 bridgehead atoms. The second-order valence-corrected chi connectivity index (χ2v) is 5.83. The topological polar surface area (TPSA) is 77.0 Å². The Kier molecular flexibility index (Phi) is 7.69. The molecule has 0 spiro atoms. The Morgan fingerprint density at radius 2 is 2.04 bits per heavy atom. The van der Waals surface area contributed by atoms with Crippen LogP contribution < -0.4 is 5.32 Å². The van der Waals surface area contributed by atoms with Gasteiger partial charge in [0.2, 0.25) is 0 Å². The molecular formula is C19H24N2O4. The summed E-state index contributed by atoms with van der Waals surface area (Å²) in [6.45, 7) is 0.516. The number of methoxy groups -OCH3 is 1. The number of benzene rings is 1. The van der Waals surface area contributed by atoms with Crippen molar-refractivity contribution in [3.05, 3.63) is 47.0 Å². The molecule has 0 aromatic heterocycles. The molecule has 6 nitrogen and oxygen atoms in total. The number of rotatable bonds is 8. The van der Waals surface area contributed by atoms with Crippen molar-refractivity contribution in [1.29, 1.82) is 0 Å². The fraction of sp³-hybridized carbons (Fsp3) is 0.421. The van der Waals surface area contributed by atoms with Gasteiger partial charge in [-0.3, -0.25) is 4.79 Å². The van der Waals surface area contributed by atoms with Crippen molar-refractivity contribution in [3.63, 3.8) is 0 Å². The molecule has 0 unspecified atom stereocenters. The third-order valence-corrected chi connectivity index (χ3v) is 3.96. The van der Waals surface area contributed by atoms with E-state index in [2.05, 4.69) is 21.3 Å². The zero-order chi connectivity index (χ0) is 17.9. The van der Waals surface area contributed by atoms with E-state index in [4.69, 9.17) is 4.84 Å². The number of allylic oxidation sites excluding steroid dienone is 1. The highest BCUT2D eigenvalue weighted by atomic mass is 16.6. The molecule has 2 rings (SSSR count). The van der Waals surface area contributed by atoms with Crippen LogP contribution in [0.4, 0.5) is 0 Å². The minimum absolute atomic E-state index is 0.115. The summed E-state index contributed by atoms with van der Waals surface area (Å²) in [7, 11) is 1.34. The molecule has 0 aliphatic heterocycles. The zero-order valence-corrected chi connectivity index (χ0v) is 14.5. The molecular weight excluding hydrogens is 320 g/mol. The number of amides is 1. The summed E-state index contributed by atoms with van der Waals surface area (Å²) in [5.74, 6) is -0.574. The van der Waals surface area contributed by atoms with Crippen LogP contribution in [0.15, 0.2) is 41.1 Å². The van der Waals surface area contributed by atoms with Crippen LogP contribution in [0, 0.1) is 0 Å². The molecule has 25 heavy (non-hydrogen) atoms. The van der Waals surface area contributed by atoms with Crippen molar-refractivity contribution < 1.29 is 19.2 Å². The second-order valence-electron chi connectivity index (χ2n) is 5.83. The van der Waals surface area contributed by atoms with Crippen LogP contribution in [-0.4, -0.2) is 38.4 Å².